The zero-order valence-corrected chi connectivity index (χ0v) is 15.8. The smallest absolute Gasteiger partial charge is 0.225 e. The first-order valence-corrected chi connectivity index (χ1v) is 9.39. The fourth-order valence-corrected chi connectivity index (χ4v) is 4.50. The van der Waals surface area contributed by atoms with E-state index in [4.69, 9.17) is 16.3 Å². The number of benzene rings is 2. The number of ether oxygens (including phenoxy) is 1. The second-order valence-corrected chi connectivity index (χ2v) is 7.40. The number of amides is 1. The van der Waals surface area contributed by atoms with Gasteiger partial charge >= 0.3 is 0 Å². The van der Waals surface area contributed by atoms with E-state index in [1.54, 1.807) is 7.11 Å². The second kappa shape index (κ2) is 7.20. The molecule has 4 rings (SSSR count). The fraction of sp³-hybridized carbons (Fsp3) is 0.273. The molecule has 1 aliphatic heterocycles. The third kappa shape index (κ3) is 3.26. The number of carbonyl (C=O) groups excluding carboxylic acids is 2. The molecular weight excluding hydrogens is 362 g/mol. The van der Waals surface area contributed by atoms with E-state index in [0.29, 0.717) is 29.2 Å². The molecule has 1 N–H and O–H groups in total. The van der Waals surface area contributed by atoms with Crippen molar-refractivity contribution in [1.29, 1.82) is 0 Å². The molecule has 0 fully saturated rings. The van der Waals surface area contributed by atoms with Crippen LogP contribution in [0.15, 0.2) is 59.8 Å². The Morgan fingerprint density at radius 2 is 1.67 bits per heavy atom. The number of ketones is 1. The summed E-state index contributed by atoms with van der Waals surface area (Å²) < 4.78 is 5.47. The molecule has 0 aromatic heterocycles. The third-order valence-electron chi connectivity index (χ3n) is 5.40. The average Bonchev–Trinajstić information content (AvgIpc) is 2.67. The van der Waals surface area contributed by atoms with Crippen molar-refractivity contribution < 1.29 is 14.3 Å². The van der Waals surface area contributed by atoms with E-state index < -0.39 is 0 Å². The van der Waals surface area contributed by atoms with E-state index >= 15 is 0 Å². The molecule has 2 aliphatic rings. The summed E-state index contributed by atoms with van der Waals surface area (Å²) in [5, 5.41) is 3.60. The monoisotopic (exact) mass is 381 g/mol. The van der Waals surface area contributed by atoms with Crippen molar-refractivity contribution in [2.45, 2.75) is 31.1 Å². The predicted molar refractivity (Wildman–Crippen MR) is 104 cm³/mol. The zero-order chi connectivity index (χ0) is 19.0. The number of allylic oxidation sites excluding steroid dienone is 2. The van der Waals surface area contributed by atoms with Crippen molar-refractivity contribution in [3.8, 4) is 5.75 Å². The summed E-state index contributed by atoms with van der Waals surface area (Å²) in [5.41, 5.74) is 3.27. The largest absolute Gasteiger partial charge is 0.496 e. The lowest BCUT2D eigenvalue weighted by atomic mass is 9.73. The number of Topliss-reactive ketones (excluding diaryl/α,β-unsaturated/α-hetero) is 1. The van der Waals surface area contributed by atoms with Crippen LogP contribution >= 0.6 is 11.6 Å². The molecule has 1 aliphatic carbocycles. The maximum Gasteiger partial charge on any atom is 0.225 e. The van der Waals surface area contributed by atoms with E-state index in [1.807, 2.05) is 48.5 Å². The van der Waals surface area contributed by atoms with Gasteiger partial charge in [0.25, 0.3) is 0 Å². The maximum atomic E-state index is 13.1. The molecule has 2 aromatic carbocycles. The van der Waals surface area contributed by atoms with E-state index in [0.717, 1.165) is 16.8 Å². The van der Waals surface area contributed by atoms with Crippen molar-refractivity contribution in [2.75, 3.05) is 7.11 Å². The molecule has 4 nitrogen and oxygen atoms in total. The summed E-state index contributed by atoms with van der Waals surface area (Å²) in [7, 11) is 1.60. The number of carbonyl (C=O) groups is 2. The lowest BCUT2D eigenvalue weighted by Crippen LogP contribution is -2.38. The predicted octanol–water partition coefficient (Wildman–Crippen LogP) is 4.35. The molecule has 0 radical (unpaired) electrons. The van der Waals surface area contributed by atoms with Gasteiger partial charge in [0.15, 0.2) is 5.78 Å². The number of para-hydroxylation sites is 1. The molecule has 5 heteroatoms. The summed E-state index contributed by atoms with van der Waals surface area (Å²) in [6.45, 7) is 0. The number of halogens is 1. The molecule has 2 aromatic rings. The van der Waals surface area contributed by atoms with Crippen molar-refractivity contribution in [1.82, 2.24) is 5.32 Å². The Labute approximate surface area is 163 Å². The molecule has 0 bridgehead atoms. The van der Waals surface area contributed by atoms with Gasteiger partial charge in [0.05, 0.1) is 7.11 Å². The molecule has 2 atom stereocenters. The Balaban J connectivity index is 1.76. The van der Waals surface area contributed by atoms with Gasteiger partial charge in [-0.05, 0) is 30.0 Å². The molecule has 27 heavy (non-hydrogen) atoms. The first-order chi connectivity index (χ1) is 13.1. The van der Waals surface area contributed by atoms with Gasteiger partial charge in [-0.1, -0.05) is 48.0 Å². The highest BCUT2D eigenvalue weighted by Gasteiger charge is 2.39. The van der Waals surface area contributed by atoms with Gasteiger partial charge in [0.1, 0.15) is 5.75 Å². The van der Waals surface area contributed by atoms with Crippen LogP contribution in [0.2, 0.25) is 5.02 Å². The molecule has 0 spiro atoms. The topological polar surface area (TPSA) is 55.4 Å². The van der Waals surface area contributed by atoms with Crippen molar-refractivity contribution >= 4 is 23.3 Å². The Morgan fingerprint density at radius 1 is 0.963 bits per heavy atom. The summed E-state index contributed by atoms with van der Waals surface area (Å²) in [6, 6.07) is 15.2. The van der Waals surface area contributed by atoms with Gasteiger partial charge in [-0.2, -0.15) is 0 Å². The number of nitrogens with one attached hydrogen (secondary N) is 1. The average molecular weight is 382 g/mol. The molecule has 0 unspecified atom stereocenters. The van der Waals surface area contributed by atoms with E-state index in [9.17, 15) is 9.59 Å². The van der Waals surface area contributed by atoms with Gasteiger partial charge in [0.2, 0.25) is 5.91 Å². The number of methoxy groups -OCH3 is 1. The van der Waals surface area contributed by atoms with E-state index in [2.05, 4.69) is 5.32 Å². The molecular formula is C22H20ClNO3. The van der Waals surface area contributed by atoms with Crippen LogP contribution in [0.4, 0.5) is 0 Å². The Kier molecular flexibility index (Phi) is 4.75. The van der Waals surface area contributed by atoms with Crippen LogP contribution in [0, 0.1) is 0 Å². The van der Waals surface area contributed by atoms with Crippen LogP contribution in [0.5, 0.6) is 5.75 Å². The van der Waals surface area contributed by atoms with Crippen LogP contribution in [0.1, 0.15) is 42.2 Å². The first-order valence-electron chi connectivity index (χ1n) is 9.02. The van der Waals surface area contributed by atoms with E-state index in [1.165, 1.54) is 0 Å². The summed E-state index contributed by atoms with van der Waals surface area (Å²) in [4.78, 5) is 25.5. The maximum absolute atomic E-state index is 13.1. The Morgan fingerprint density at radius 3 is 2.41 bits per heavy atom. The Hall–Kier alpha value is -2.59. The number of hydrogen-bond donors (Lipinski definition) is 1. The van der Waals surface area contributed by atoms with E-state index in [-0.39, 0.29) is 29.9 Å². The number of rotatable bonds is 3. The van der Waals surface area contributed by atoms with Gasteiger partial charge in [-0.25, -0.2) is 0 Å². The van der Waals surface area contributed by atoms with Gasteiger partial charge in [0, 0.05) is 40.6 Å². The quantitative estimate of drug-likeness (QED) is 0.859. The summed E-state index contributed by atoms with van der Waals surface area (Å²) >= 11 is 6.34. The van der Waals surface area contributed by atoms with Crippen molar-refractivity contribution in [3.63, 3.8) is 0 Å². The SMILES string of the molecule is COc1ccccc1[C@H]1CC(=O)NC2=C1C(=O)C[C@H](c1ccccc1Cl)C2. The summed E-state index contributed by atoms with van der Waals surface area (Å²) in [6.07, 6.45) is 1.24. The van der Waals surface area contributed by atoms with Crippen molar-refractivity contribution in [2.24, 2.45) is 0 Å². The second-order valence-electron chi connectivity index (χ2n) is 6.99. The fourth-order valence-electron chi connectivity index (χ4n) is 4.21. The summed E-state index contributed by atoms with van der Waals surface area (Å²) in [5.74, 6) is 0.394. The minimum atomic E-state index is -0.274. The molecule has 1 amide bonds. The molecule has 138 valence electrons. The van der Waals surface area contributed by atoms with Crippen molar-refractivity contribution in [3.05, 3.63) is 76.0 Å². The zero-order valence-electron chi connectivity index (χ0n) is 15.0. The standard InChI is InChI=1S/C22H20ClNO3/c1-27-20-9-5-3-7-15(20)16-12-21(26)24-18-10-13(11-19(25)22(16)18)14-6-2-4-8-17(14)23/h2-9,13,16H,10-12H2,1H3,(H,24,26)/t13-,16-/m1/s1. The highest BCUT2D eigenvalue weighted by Crippen LogP contribution is 2.45. The van der Waals surface area contributed by atoms with Gasteiger partial charge < -0.3 is 10.1 Å². The van der Waals surface area contributed by atoms with Crippen LogP contribution in [-0.2, 0) is 9.59 Å². The minimum absolute atomic E-state index is 0.0262. The molecule has 0 saturated carbocycles. The minimum Gasteiger partial charge on any atom is -0.496 e. The highest BCUT2D eigenvalue weighted by molar-refractivity contribution is 6.31. The lowest BCUT2D eigenvalue weighted by molar-refractivity contribution is -0.122. The van der Waals surface area contributed by atoms with Crippen LogP contribution < -0.4 is 10.1 Å². The molecule has 1 heterocycles. The van der Waals surface area contributed by atoms with Gasteiger partial charge in [-0.3, -0.25) is 9.59 Å². The first kappa shape index (κ1) is 17.8. The third-order valence-corrected chi connectivity index (χ3v) is 5.74. The normalized spacial score (nSPS) is 22.3. The van der Waals surface area contributed by atoms with Crippen LogP contribution in [0.25, 0.3) is 0 Å². The Bertz CT molecular complexity index is 950. The van der Waals surface area contributed by atoms with Crippen LogP contribution in [-0.4, -0.2) is 18.8 Å². The lowest BCUT2D eigenvalue weighted by Gasteiger charge is -2.35. The van der Waals surface area contributed by atoms with Crippen LogP contribution in [0.3, 0.4) is 0 Å². The van der Waals surface area contributed by atoms with Gasteiger partial charge in [-0.15, -0.1) is 0 Å². The number of hydrogen-bond acceptors (Lipinski definition) is 3. The highest BCUT2D eigenvalue weighted by atomic mass is 35.5. The molecule has 0 saturated heterocycles.